The van der Waals surface area contributed by atoms with Gasteiger partial charge in [0.2, 0.25) is 5.91 Å². The molecule has 0 aromatic heterocycles. The van der Waals surface area contributed by atoms with Crippen molar-refractivity contribution in [2.45, 2.75) is 50.6 Å². The number of amides is 1. The molecular weight excluding hydrogens is 334 g/mol. The summed E-state index contributed by atoms with van der Waals surface area (Å²) >= 11 is 0. The Morgan fingerprint density at radius 3 is 2.70 bits per heavy atom. The Morgan fingerprint density at radius 2 is 1.89 bits per heavy atom. The van der Waals surface area contributed by atoms with Crippen molar-refractivity contribution in [2.75, 3.05) is 11.9 Å². The van der Waals surface area contributed by atoms with Crippen molar-refractivity contribution in [3.05, 3.63) is 65.2 Å². The first-order valence-corrected chi connectivity index (χ1v) is 9.89. The zero-order valence-electron chi connectivity index (χ0n) is 15.5. The van der Waals surface area contributed by atoms with E-state index in [4.69, 9.17) is 0 Å². The predicted octanol–water partition coefficient (Wildman–Crippen LogP) is 4.43. The summed E-state index contributed by atoms with van der Waals surface area (Å²) < 4.78 is 0. The summed E-state index contributed by atoms with van der Waals surface area (Å²) in [7, 11) is 0. The van der Waals surface area contributed by atoms with E-state index in [2.05, 4.69) is 40.6 Å². The molecule has 2 aliphatic rings. The minimum Gasteiger partial charge on any atom is -0.325 e. The van der Waals surface area contributed by atoms with Gasteiger partial charge in [-0.25, -0.2) is 0 Å². The molecule has 1 atom stereocenters. The quantitative estimate of drug-likeness (QED) is 0.830. The zero-order chi connectivity index (χ0) is 18.6. The molecule has 138 valence electrons. The number of carbonyl (C=O) groups is 1. The third-order valence-electron chi connectivity index (χ3n) is 5.67. The van der Waals surface area contributed by atoms with E-state index in [1.54, 1.807) is 12.1 Å². The number of benzene rings is 2. The van der Waals surface area contributed by atoms with Crippen molar-refractivity contribution in [1.29, 1.82) is 5.26 Å². The van der Waals surface area contributed by atoms with Crippen molar-refractivity contribution in [3.8, 4) is 6.07 Å². The van der Waals surface area contributed by atoms with Crippen LogP contribution in [0.3, 0.4) is 0 Å². The lowest BCUT2D eigenvalue weighted by atomic mass is 9.86. The van der Waals surface area contributed by atoms with Crippen LogP contribution in [-0.2, 0) is 11.2 Å². The molecule has 0 saturated heterocycles. The summed E-state index contributed by atoms with van der Waals surface area (Å²) in [6.07, 6.45) is 6.47. The van der Waals surface area contributed by atoms with Gasteiger partial charge < -0.3 is 5.32 Å². The molecule has 27 heavy (non-hydrogen) atoms. The highest BCUT2D eigenvalue weighted by molar-refractivity contribution is 5.92. The highest BCUT2D eigenvalue weighted by atomic mass is 16.1. The third kappa shape index (κ3) is 4.04. The van der Waals surface area contributed by atoms with Crippen LogP contribution < -0.4 is 5.32 Å². The number of hydrogen-bond acceptors (Lipinski definition) is 3. The SMILES string of the molecule is N#Cc1ccccc1NC(=O)CCN(C1CC1)C1CCCc2ccccc21. The monoisotopic (exact) mass is 359 g/mol. The van der Waals surface area contributed by atoms with E-state index in [0.29, 0.717) is 29.8 Å². The van der Waals surface area contributed by atoms with Gasteiger partial charge in [0, 0.05) is 25.0 Å². The second-order valence-corrected chi connectivity index (χ2v) is 7.53. The van der Waals surface area contributed by atoms with Crippen LogP contribution in [0.4, 0.5) is 5.69 Å². The molecule has 1 unspecified atom stereocenters. The molecule has 1 amide bonds. The fourth-order valence-corrected chi connectivity index (χ4v) is 4.20. The maximum Gasteiger partial charge on any atom is 0.225 e. The lowest BCUT2D eigenvalue weighted by Gasteiger charge is -2.36. The van der Waals surface area contributed by atoms with Gasteiger partial charge in [0.25, 0.3) is 0 Å². The van der Waals surface area contributed by atoms with Gasteiger partial charge in [0.1, 0.15) is 6.07 Å². The molecule has 2 aromatic rings. The van der Waals surface area contributed by atoms with Gasteiger partial charge in [-0.3, -0.25) is 9.69 Å². The van der Waals surface area contributed by atoms with E-state index in [1.165, 1.54) is 36.8 Å². The first-order valence-electron chi connectivity index (χ1n) is 9.89. The Balaban J connectivity index is 1.43. The fourth-order valence-electron chi connectivity index (χ4n) is 4.20. The van der Waals surface area contributed by atoms with Crippen LogP contribution in [0.15, 0.2) is 48.5 Å². The Morgan fingerprint density at radius 1 is 1.11 bits per heavy atom. The van der Waals surface area contributed by atoms with Crippen molar-refractivity contribution >= 4 is 11.6 Å². The maximum absolute atomic E-state index is 12.5. The van der Waals surface area contributed by atoms with Gasteiger partial charge in [-0.1, -0.05) is 36.4 Å². The fraction of sp³-hybridized carbons (Fsp3) is 0.391. The smallest absolute Gasteiger partial charge is 0.225 e. The first-order chi connectivity index (χ1) is 13.3. The largest absolute Gasteiger partial charge is 0.325 e. The molecule has 0 heterocycles. The van der Waals surface area contributed by atoms with Crippen LogP contribution in [0.25, 0.3) is 0 Å². The number of nitriles is 1. The molecule has 4 heteroatoms. The van der Waals surface area contributed by atoms with Gasteiger partial charge in [-0.2, -0.15) is 5.26 Å². The molecule has 0 spiro atoms. The van der Waals surface area contributed by atoms with Crippen molar-refractivity contribution < 1.29 is 4.79 Å². The van der Waals surface area contributed by atoms with Crippen LogP contribution in [0, 0.1) is 11.3 Å². The summed E-state index contributed by atoms with van der Waals surface area (Å²) in [6.45, 7) is 0.768. The van der Waals surface area contributed by atoms with Crippen LogP contribution in [0.5, 0.6) is 0 Å². The standard InChI is InChI=1S/C23H25N3O/c24-16-18-7-2-4-10-21(18)25-23(27)14-15-26(19-12-13-19)22-11-5-8-17-6-1-3-9-20(17)22/h1-4,6-7,9-10,19,22H,5,8,11-15H2,(H,25,27). The van der Waals surface area contributed by atoms with E-state index in [9.17, 15) is 10.1 Å². The van der Waals surface area contributed by atoms with Crippen LogP contribution in [0.2, 0.25) is 0 Å². The highest BCUT2D eigenvalue weighted by Gasteiger charge is 2.36. The number of hydrogen-bond donors (Lipinski definition) is 1. The topological polar surface area (TPSA) is 56.1 Å². The second-order valence-electron chi connectivity index (χ2n) is 7.53. The molecule has 1 saturated carbocycles. The normalized spacial score (nSPS) is 18.6. The van der Waals surface area contributed by atoms with E-state index in [1.807, 2.05) is 12.1 Å². The summed E-state index contributed by atoms with van der Waals surface area (Å²) in [5, 5.41) is 12.1. The van der Waals surface area contributed by atoms with Crippen LogP contribution in [0.1, 0.15) is 54.8 Å². The second kappa shape index (κ2) is 7.94. The number of rotatable bonds is 6. The number of carbonyl (C=O) groups excluding carboxylic acids is 1. The molecule has 0 bridgehead atoms. The first kappa shape index (κ1) is 17.8. The number of fused-ring (bicyclic) bond motifs is 1. The van der Waals surface area contributed by atoms with Crippen molar-refractivity contribution in [3.63, 3.8) is 0 Å². The summed E-state index contributed by atoms with van der Waals surface area (Å²) in [5.74, 6) is -0.0209. The number of nitrogens with one attached hydrogen (secondary N) is 1. The van der Waals surface area contributed by atoms with Crippen LogP contribution in [-0.4, -0.2) is 23.4 Å². The number of anilines is 1. The van der Waals surface area contributed by atoms with Gasteiger partial charge in [-0.15, -0.1) is 0 Å². The molecule has 4 rings (SSSR count). The molecule has 4 nitrogen and oxygen atoms in total. The molecule has 2 aliphatic carbocycles. The van der Waals surface area contributed by atoms with Crippen LogP contribution >= 0.6 is 0 Å². The molecule has 0 radical (unpaired) electrons. The molecule has 0 aliphatic heterocycles. The minimum absolute atomic E-state index is 0.0209. The van der Waals surface area contributed by atoms with E-state index in [-0.39, 0.29) is 5.91 Å². The van der Waals surface area contributed by atoms with Gasteiger partial charge >= 0.3 is 0 Å². The van der Waals surface area contributed by atoms with Crippen molar-refractivity contribution in [1.82, 2.24) is 4.90 Å². The Labute approximate surface area is 160 Å². The van der Waals surface area contributed by atoms with Gasteiger partial charge in [0.15, 0.2) is 0 Å². The lowest BCUT2D eigenvalue weighted by molar-refractivity contribution is -0.116. The number of para-hydroxylation sites is 1. The molecule has 2 aromatic carbocycles. The number of aryl methyl sites for hydroxylation is 1. The predicted molar refractivity (Wildman–Crippen MR) is 106 cm³/mol. The highest BCUT2D eigenvalue weighted by Crippen LogP contribution is 2.40. The molecule has 1 N–H and O–H groups in total. The Kier molecular flexibility index (Phi) is 5.22. The average Bonchev–Trinajstić information content (AvgIpc) is 3.54. The van der Waals surface area contributed by atoms with E-state index < -0.39 is 0 Å². The molecular formula is C23H25N3O. The van der Waals surface area contributed by atoms with Gasteiger partial charge in [-0.05, 0) is 55.4 Å². The minimum atomic E-state index is -0.0209. The average molecular weight is 359 g/mol. The summed E-state index contributed by atoms with van der Waals surface area (Å²) in [4.78, 5) is 15.1. The molecule has 1 fully saturated rings. The van der Waals surface area contributed by atoms with E-state index >= 15 is 0 Å². The third-order valence-corrected chi connectivity index (χ3v) is 5.67. The maximum atomic E-state index is 12.5. The number of nitrogens with zero attached hydrogens (tertiary/aromatic N) is 2. The zero-order valence-corrected chi connectivity index (χ0v) is 15.5. The summed E-state index contributed by atoms with van der Waals surface area (Å²) in [6, 6.07) is 19.1. The lowest BCUT2D eigenvalue weighted by Crippen LogP contribution is -2.35. The van der Waals surface area contributed by atoms with Crippen molar-refractivity contribution in [2.24, 2.45) is 0 Å². The Bertz CT molecular complexity index is 866. The van der Waals surface area contributed by atoms with E-state index in [0.717, 1.165) is 13.0 Å². The summed E-state index contributed by atoms with van der Waals surface area (Å²) in [5.41, 5.74) is 4.02. The van der Waals surface area contributed by atoms with Gasteiger partial charge in [0.05, 0.1) is 11.3 Å². The Hall–Kier alpha value is -2.64.